The van der Waals surface area contributed by atoms with Gasteiger partial charge >= 0.3 is 6.18 Å². The van der Waals surface area contributed by atoms with Crippen molar-refractivity contribution in [2.75, 3.05) is 11.9 Å². The third-order valence-electron chi connectivity index (χ3n) is 3.01. The largest absolute Gasteiger partial charge is 0.416 e. The van der Waals surface area contributed by atoms with Crippen LogP contribution in [-0.4, -0.2) is 12.5 Å². The van der Waals surface area contributed by atoms with E-state index in [1.807, 2.05) is 30.3 Å². The van der Waals surface area contributed by atoms with E-state index in [2.05, 4.69) is 10.3 Å². The Bertz CT molecular complexity index is 625. The molecule has 0 heterocycles. The van der Waals surface area contributed by atoms with Gasteiger partial charge in [-0.3, -0.25) is 4.99 Å². The number of alkyl halides is 3. The summed E-state index contributed by atoms with van der Waals surface area (Å²) in [5.74, 6) is 0.276. The summed E-state index contributed by atoms with van der Waals surface area (Å²) in [6, 6.07) is 14.4. The number of nitrogens with two attached hydrogens (primary N) is 1. The van der Waals surface area contributed by atoms with Crippen molar-refractivity contribution < 1.29 is 13.2 Å². The Balaban J connectivity index is 0.00000264. The summed E-state index contributed by atoms with van der Waals surface area (Å²) in [6.07, 6.45) is -3.78. The van der Waals surface area contributed by atoms with Crippen molar-refractivity contribution in [1.29, 1.82) is 0 Å². The SMILES string of the molecule is I.NC(=NCCc1ccc(C(F)(F)F)cc1)Nc1ccccc1. The van der Waals surface area contributed by atoms with Crippen molar-refractivity contribution in [2.24, 2.45) is 10.7 Å². The van der Waals surface area contributed by atoms with Gasteiger partial charge in [0.2, 0.25) is 0 Å². The lowest BCUT2D eigenvalue weighted by Gasteiger charge is -2.07. The molecule has 2 rings (SSSR count). The third kappa shape index (κ3) is 6.47. The number of nitrogens with zero attached hydrogens (tertiary/aromatic N) is 1. The van der Waals surface area contributed by atoms with E-state index < -0.39 is 11.7 Å². The van der Waals surface area contributed by atoms with Gasteiger partial charge in [0.05, 0.1) is 5.56 Å². The Morgan fingerprint density at radius 2 is 1.61 bits per heavy atom. The van der Waals surface area contributed by atoms with E-state index >= 15 is 0 Å². The zero-order valence-electron chi connectivity index (χ0n) is 12.2. The first-order valence-corrected chi connectivity index (χ1v) is 6.73. The van der Waals surface area contributed by atoms with Crippen molar-refractivity contribution in [3.63, 3.8) is 0 Å². The van der Waals surface area contributed by atoms with Crippen LogP contribution in [0, 0.1) is 0 Å². The lowest BCUT2D eigenvalue weighted by atomic mass is 10.1. The molecular weight excluding hydrogens is 418 g/mol. The fraction of sp³-hybridized carbons (Fsp3) is 0.188. The molecular formula is C16H17F3IN3. The second-order valence-corrected chi connectivity index (χ2v) is 4.70. The Kier molecular flexibility index (Phi) is 7.34. The molecule has 0 fully saturated rings. The minimum Gasteiger partial charge on any atom is -0.370 e. The van der Waals surface area contributed by atoms with Crippen LogP contribution >= 0.6 is 24.0 Å². The average Bonchev–Trinajstić information content (AvgIpc) is 2.48. The molecule has 0 aromatic heterocycles. The summed E-state index contributed by atoms with van der Waals surface area (Å²) in [5.41, 5.74) is 6.71. The van der Waals surface area contributed by atoms with Gasteiger partial charge in [-0.15, -0.1) is 24.0 Å². The van der Waals surface area contributed by atoms with E-state index in [4.69, 9.17) is 5.73 Å². The van der Waals surface area contributed by atoms with Gasteiger partial charge in [-0.1, -0.05) is 30.3 Å². The summed E-state index contributed by atoms with van der Waals surface area (Å²) in [4.78, 5) is 4.15. The van der Waals surface area contributed by atoms with Crippen LogP contribution < -0.4 is 11.1 Å². The summed E-state index contributed by atoms with van der Waals surface area (Å²) in [5, 5.41) is 2.94. The molecule has 23 heavy (non-hydrogen) atoms. The number of hydrogen-bond donors (Lipinski definition) is 2. The molecule has 2 aromatic carbocycles. The van der Waals surface area contributed by atoms with Gasteiger partial charge in [0.15, 0.2) is 5.96 Å². The number of halogens is 4. The second-order valence-electron chi connectivity index (χ2n) is 4.70. The monoisotopic (exact) mass is 435 g/mol. The molecule has 0 radical (unpaired) electrons. The van der Waals surface area contributed by atoms with Crippen LogP contribution in [0.4, 0.5) is 18.9 Å². The van der Waals surface area contributed by atoms with Gasteiger partial charge in [0.1, 0.15) is 0 Å². The van der Waals surface area contributed by atoms with E-state index in [9.17, 15) is 13.2 Å². The summed E-state index contributed by atoms with van der Waals surface area (Å²) >= 11 is 0. The molecule has 0 spiro atoms. The van der Waals surface area contributed by atoms with E-state index in [1.54, 1.807) is 0 Å². The maximum absolute atomic E-state index is 12.4. The lowest BCUT2D eigenvalue weighted by molar-refractivity contribution is -0.137. The van der Waals surface area contributed by atoms with E-state index in [-0.39, 0.29) is 29.9 Å². The van der Waals surface area contributed by atoms with Gasteiger partial charge < -0.3 is 11.1 Å². The average molecular weight is 435 g/mol. The highest BCUT2D eigenvalue weighted by Crippen LogP contribution is 2.29. The van der Waals surface area contributed by atoms with Crippen LogP contribution in [0.2, 0.25) is 0 Å². The Labute approximate surface area is 149 Å². The van der Waals surface area contributed by atoms with Crippen molar-refractivity contribution in [2.45, 2.75) is 12.6 Å². The maximum atomic E-state index is 12.4. The zero-order valence-corrected chi connectivity index (χ0v) is 14.5. The maximum Gasteiger partial charge on any atom is 0.416 e. The molecule has 3 nitrogen and oxygen atoms in total. The number of aliphatic imine (C=N–C) groups is 1. The molecule has 0 amide bonds. The first-order valence-electron chi connectivity index (χ1n) is 6.73. The van der Waals surface area contributed by atoms with Gasteiger partial charge in [-0.25, -0.2) is 0 Å². The Hall–Kier alpha value is -1.77. The van der Waals surface area contributed by atoms with Crippen LogP contribution in [0.25, 0.3) is 0 Å². The molecule has 0 saturated carbocycles. The number of para-hydroxylation sites is 1. The van der Waals surface area contributed by atoms with Gasteiger partial charge in [0.25, 0.3) is 0 Å². The molecule has 0 aliphatic heterocycles. The zero-order chi connectivity index (χ0) is 16.0. The van der Waals surface area contributed by atoms with Crippen molar-refractivity contribution >= 4 is 35.6 Å². The molecule has 0 aliphatic rings. The van der Waals surface area contributed by atoms with Crippen LogP contribution in [-0.2, 0) is 12.6 Å². The van der Waals surface area contributed by atoms with Gasteiger partial charge in [0, 0.05) is 12.2 Å². The Morgan fingerprint density at radius 3 is 2.17 bits per heavy atom. The van der Waals surface area contributed by atoms with E-state index in [0.29, 0.717) is 13.0 Å². The molecule has 124 valence electrons. The predicted octanol–water partition coefficient (Wildman–Crippen LogP) is 4.29. The minimum absolute atomic E-state index is 0. The number of guanidine groups is 1. The molecule has 3 N–H and O–H groups in total. The summed E-state index contributed by atoms with van der Waals surface area (Å²) in [6.45, 7) is 0.400. The van der Waals surface area contributed by atoms with Crippen LogP contribution in [0.3, 0.4) is 0 Å². The molecule has 0 unspecified atom stereocenters. The van der Waals surface area contributed by atoms with E-state index in [1.165, 1.54) is 12.1 Å². The number of benzene rings is 2. The van der Waals surface area contributed by atoms with Crippen LogP contribution in [0.1, 0.15) is 11.1 Å². The molecule has 0 saturated heterocycles. The molecule has 0 aliphatic carbocycles. The highest BCUT2D eigenvalue weighted by atomic mass is 127. The standard InChI is InChI=1S/C16H16F3N3.HI/c17-16(18,19)13-8-6-12(7-9-13)10-11-21-15(20)22-14-4-2-1-3-5-14;/h1-9H,10-11H2,(H3,20,21,22);1H. The van der Waals surface area contributed by atoms with Crippen LogP contribution in [0.15, 0.2) is 59.6 Å². The van der Waals surface area contributed by atoms with Crippen molar-refractivity contribution in [3.8, 4) is 0 Å². The van der Waals surface area contributed by atoms with Gasteiger partial charge in [-0.2, -0.15) is 13.2 Å². The summed E-state index contributed by atoms with van der Waals surface area (Å²) < 4.78 is 37.3. The topological polar surface area (TPSA) is 50.4 Å². The minimum atomic E-state index is -4.30. The van der Waals surface area contributed by atoms with Crippen molar-refractivity contribution in [3.05, 3.63) is 65.7 Å². The molecule has 7 heteroatoms. The fourth-order valence-corrected chi connectivity index (χ4v) is 1.87. The second kappa shape index (κ2) is 8.76. The van der Waals surface area contributed by atoms with Crippen molar-refractivity contribution in [1.82, 2.24) is 0 Å². The van der Waals surface area contributed by atoms with Crippen LogP contribution in [0.5, 0.6) is 0 Å². The normalized spacial score (nSPS) is 11.7. The molecule has 2 aromatic rings. The first-order chi connectivity index (χ1) is 10.4. The highest BCUT2D eigenvalue weighted by Gasteiger charge is 2.29. The number of rotatable bonds is 4. The quantitative estimate of drug-likeness (QED) is 0.428. The molecule has 0 bridgehead atoms. The Morgan fingerprint density at radius 1 is 1.00 bits per heavy atom. The number of hydrogen-bond acceptors (Lipinski definition) is 1. The predicted molar refractivity (Wildman–Crippen MR) is 97.1 cm³/mol. The number of nitrogens with one attached hydrogen (secondary N) is 1. The highest BCUT2D eigenvalue weighted by molar-refractivity contribution is 14.0. The fourth-order valence-electron chi connectivity index (χ4n) is 1.87. The smallest absolute Gasteiger partial charge is 0.370 e. The van der Waals surface area contributed by atoms with Gasteiger partial charge in [-0.05, 0) is 36.2 Å². The van der Waals surface area contributed by atoms with E-state index in [0.717, 1.165) is 23.4 Å². The number of anilines is 1. The lowest BCUT2D eigenvalue weighted by Crippen LogP contribution is -2.23. The summed E-state index contributed by atoms with van der Waals surface area (Å²) in [7, 11) is 0. The third-order valence-corrected chi connectivity index (χ3v) is 3.01. The molecule has 0 atom stereocenters. The first kappa shape index (κ1) is 19.3.